The first kappa shape index (κ1) is 16.7. The second-order valence-electron chi connectivity index (χ2n) is 0. The molecule has 0 amide bonds. The average molecular weight is 188 g/mol. The van der Waals surface area contributed by atoms with Crippen molar-refractivity contribution >= 4 is 64.8 Å². The van der Waals surface area contributed by atoms with Crippen molar-refractivity contribution in [3.63, 3.8) is 0 Å². The predicted octanol–water partition coefficient (Wildman–Crippen LogP) is -2.87. The van der Waals surface area contributed by atoms with Gasteiger partial charge in [-0.25, -0.2) is 0 Å². The van der Waals surface area contributed by atoms with Crippen LogP contribution in [0.5, 0.6) is 0 Å². The second-order valence-corrected chi connectivity index (χ2v) is 0. The van der Waals surface area contributed by atoms with Crippen LogP contribution in [0.2, 0.25) is 0 Å². The van der Waals surface area contributed by atoms with Gasteiger partial charge in [0.25, 0.3) is 0 Å². The van der Waals surface area contributed by atoms with Crippen LogP contribution in [-0.2, 0) is 2.85 Å². The number of hydrogen-bond acceptors (Lipinski definition) is 1. The molecule has 0 unspecified atom stereocenters. The molecule has 0 bridgehead atoms. The van der Waals surface area contributed by atoms with Gasteiger partial charge in [0.05, 0.1) is 0 Å². The summed E-state index contributed by atoms with van der Waals surface area (Å²) in [5, 5.41) is 0. The van der Waals surface area contributed by atoms with E-state index in [4.69, 9.17) is 2.85 Å². The number of hydrogen-bond donors (Lipinski definition) is 0. The Hall–Kier alpha value is 1.97. The average Bonchev–Trinajstić information content (AvgIpc) is 1.00. The predicted molar refractivity (Wildman–Crippen MR) is 26.3 cm³/mol. The van der Waals surface area contributed by atoms with E-state index >= 15 is 0 Å². The summed E-state index contributed by atoms with van der Waals surface area (Å²) >= 11 is -0.1000. The summed E-state index contributed by atoms with van der Waals surface area (Å²) in [5.74, 6) is 0. The molecule has 0 N–H and O–H groups in total. The Labute approximate surface area is 66.8 Å². The molecule has 0 heterocycles. The summed E-state index contributed by atoms with van der Waals surface area (Å²) in [6.45, 7) is 0. The maximum atomic E-state index is 8.42. The topological polar surface area (TPSA) is 17.1 Å². The van der Waals surface area contributed by atoms with Gasteiger partial charge in [-0.2, -0.15) is 0 Å². The molecule has 0 aromatic carbocycles. The van der Waals surface area contributed by atoms with E-state index in [2.05, 4.69) is 0 Å². The van der Waals surface area contributed by atoms with Gasteiger partial charge in [-0.1, -0.05) is 0 Å². The molecule has 0 radical (unpaired) electrons. The van der Waals surface area contributed by atoms with Crippen LogP contribution in [0.25, 0.3) is 0 Å². The molecule has 20 valence electrons. The molecule has 4 heavy (non-hydrogen) atoms. The molecule has 4 heteroatoms. The van der Waals surface area contributed by atoms with Crippen molar-refractivity contribution in [1.82, 2.24) is 0 Å². The van der Waals surface area contributed by atoms with Crippen LogP contribution in [0.3, 0.4) is 0 Å². The Bertz CT molecular complexity index is 8.00. The van der Waals surface area contributed by atoms with Gasteiger partial charge in [0.1, 0.15) is 0 Å². The molecule has 0 atom stereocenters. The molecule has 0 saturated carbocycles. The van der Waals surface area contributed by atoms with E-state index in [0.717, 1.165) is 0 Å². The third-order valence-corrected chi connectivity index (χ3v) is 0. The first-order valence-electron chi connectivity index (χ1n) is 0.289. The quantitative estimate of drug-likeness (QED) is 0.374. The molecule has 0 aromatic rings. The van der Waals surface area contributed by atoms with E-state index in [0.29, 0.717) is 0 Å². The Morgan fingerprint density at radius 1 is 1.25 bits per heavy atom. The van der Waals surface area contributed by atoms with Gasteiger partial charge in [-0.15, -0.1) is 0 Å². The summed E-state index contributed by atoms with van der Waals surface area (Å²) in [6, 6.07) is 0. The molecule has 0 rings (SSSR count). The molecule has 0 spiro atoms. The fourth-order valence-corrected chi connectivity index (χ4v) is 0. The Morgan fingerprint density at radius 2 is 1.25 bits per heavy atom. The van der Waals surface area contributed by atoms with E-state index in [1.807, 2.05) is 0 Å². The molecular weight excluding hydrogens is 182 g/mol. The summed E-state index contributed by atoms with van der Waals surface area (Å²) < 4.78 is 8.42. The van der Waals surface area contributed by atoms with Gasteiger partial charge in [0.2, 0.25) is 0 Å². The molecule has 0 aliphatic rings. The van der Waals surface area contributed by atoms with Crippen LogP contribution >= 0.6 is 0 Å². The molecule has 0 aliphatic heterocycles. The van der Waals surface area contributed by atoms with Gasteiger partial charge in [0, 0.05) is 0 Å². The summed E-state index contributed by atoms with van der Waals surface area (Å²) in [6.07, 6.45) is 0. The van der Waals surface area contributed by atoms with Crippen molar-refractivity contribution in [1.29, 1.82) is 0 Å². The Morgan fingerprint density at radius 3 is 1.25 bits per heavy atom. The van der Waals surface area contributed by atoms with Crippen LogP contribution < -0.4 is 0 Å². The van der Waals surface area contributed by atoms with Crippen LogP contribution in [0.4, 0.5) is 0 Å². The van der Waals surface area contributed by atoms with Crippen LogP contribution in [-0.4, -0.2) is 64.8 Å². The molecule has 0 saturated heterocycles. The van der Waals surface area contributed by atoms with Gasteiger partial charge in [-0.3, -0.25) is 0 Å². The van der Waals surface area contributed by atoms with Gasteiger partial charge >= 0.3 is 50.3 Å². The monoisotopic (exact) mass is 188 g/mol. The number of rotatable bonds is 0. The van der Waals surface area contributed by atoms with Crippen LogP contribution in [0.15, 0.2) is 0 Å². The van der Waals surface area contributed by atoms with Crippen molar-refractivity contribution in [2.75, 3.05) is 0 Å². The summed E-state index contributed by atoms with van der Waals surface area (Å²) in [5.41, 5.74) is 0. The first-order chi connectivity index (χ1) is 1.00. The third kappa shape index (κ3) is 9.02. The Kier molecular flexibility index (Phi) is 84.4. The Balaban J connectivity index is -0.00000000500. The molecule has 0 aliphatic carbocycles. The SMILES string of the molecule is [AlH3].[MgH2].[O]=[InH]. The van der Waals surface area contributed by atoms with Crippen LogP contribution in [0.1, 0.15) is 0 Å². The second kappa shape index (κ2) is 20.2. The van der Waals surface area contributed by atoms with E-state index < -0.39 is 0 Å². The molecule has 0 aromatic heterocycles. The minimum absolute atomic E-state index is 0. The van der Waals surface area contributed by atoms with Crippen molar-refractivity contribution in [2.24, 2.45) is 0 Å². The van der Waals surface area contributed by atoms with E-state index in [9.17, 15) is 0 Å². The fourth-order valence-electron chi connectivity index (χ4n) is 0. The van der Waals surface area contributed by atoms with E-state index in [1.165, 1.54) is 0 Å². The van der Waals surface area contributed by atoms with Crippen molar-refractivity contribution in [2.45, 2.75) is 0 Å². The molecular formula is H6AlInMgO. The summed E-state index contributed by atoms with van der Waals surface area (Å²) in [7, 11) is 0. The van der Waals surface area contributed by atoms with E-state index in [1.54, 1.807) is 0 Å². The van der Waals surface area contributed by atoms with Crippen LogP contribution in [0, 0.1) is 0 Å². The first-order valence-corrected chi connectivity index (χ1v) is 1.94. The van der Waals surface area contributed by atoms with Gasteiger partial charge < -0.3 is 0 Å². The molecule has 1 nitrogen and oxygen atoms in total. The minimum atomic E-state index is -0.1000. The van der Waals surface area contributed by atoms with E-state index in [-0.39, 0.29) is 64.8 Å². The fraction of sp³-hybridized carbons (Fsp3) is 0. The van der Waals surface area contributed by atoms with Crippen molar-refractivity contribution < 1.29 is 2.85 Å². The van der Waals surface area contributed by atoms with Crippen molar-refractivity contribution in [3.8, 4) is 0 Å². The van der Waals surface area contributed by atoms with Crippen molar-refractivity contribution in [3.05, 3.63) is 0 Å². The zero-order valence-corrected chi connectivity index (χ0v) is 5.15. The standard InChI is InChI=1S/Al.In.Mg.O.6H. The van der Waals surface area contributed by atoms with Gasteiger partial charge in [0.15, 0.2) is 17.4 Å². The maximum absolute atomic E-state index is 8.42. The zero-order chi connectivity index (χ0) is 2.00. The van der Waals surface area contributed by atoms with Gasteiger partial charge in [-0.05, 0) is 0 Å². The normalized spacial score (nSPS) is 0.750. The summed E-state index contributed by atoms with van der Waals surface area (Å²) in [4.78, 5) is 0. The zero-order valence-electron chi connectivity index (χ0n) is 1.12. The third-order valence-electron chi connectivity index (χ3n) is 0. The molecule has 0 fully saturated rings.